The first-order valence-electron chi connectivity index (χ1n) is 6.23. The number of carbonyl (C=O) groups is 3. The standard InChI is InChI=1S/C14H17NO6/c1-20-14(19)11(7-9-5-3-2-4-6-9)21-13(18)10(15)8-12(16)17/h2-6,10-11H,7-8,15H2,1H3,(H,16,17)/t10-,11-/m0/s1. The first kappa shape index (κ1) is 16.6. The number of hydrogen-bond acceptors (Lipinski definition) is 6. The first-order chi connectivity index (χ1) is 9.93. The number of benzene rings is 1. The number of carbonyl (C=O) groups excluding carboxylic acids is 2. The predicted octanol–water partition coefficient (Wildman–Crippen LogP) is 0.116. The maximum Gasteiger partial charge on any atom is 0.347 e. The van der Waals surface area contributed by atoms with Gasteiger partial charge in [-0.25, -0.2) is 4.79 Å². The molecule has 0 amide bonds. The molecule has 1 aromatic carbocycles. The van der Waals surface area contributed by atoms with Crippen LogP contribution in [0.3, 0.4) is 0 Å². The van der Waals surface area contributed by atoms with E-state index in [1.165, 1.54) is 7.11 Å². The van der Waals surface area contributed by atoms with Gasteiger partial charge in [-0.05, 0) is 5.56 Å². The molecule has 0 spiro atoms. The summed E-state index contributed by atoms with van der Waals surface area (Å²) in [5.74, 6) is -2.91. The molecule has 2 atom stereocenters. The Kier molecular flexibility index (Phi) is 6.35. The Morgan fingerprint density at radius 3 is 2.33 bits per heavy atom. The van der Waals surface area contributed by atoms with E-state index in [2.05, 4.69) is 4.74 Å². The molecule has 0 aromatic heterocycles. The third kappa shape index (κ3) is 5.62. The summed E-state index contributed by atoms with van der Waals surface area (Å²) < 4.78 is 9.54. The van der Waals surface area contributed by atoms with Gasteiger partial charge in [-0.3, -0.25) is 9.59 Å². The van der Waals surface area contributed by atoms with Gasteiger partial charge in [-0.2, -0.15) is 0 Å². The highest BCUT2D eigenvalue weighted by atomic mass is 16.6. The fourth-order valence-corrected chi connectivity index (χ4v) is 1.63. The Morgan fingerprint density at radius 1 is 1.19 bits per heavy atom. The van der Waals surface area contributed by atoms with E-state index in [9.17, 15) is 14.4 Å². The third-order valence-corrected chi connectivity index (χ3v) is 2.68. The fraction of sp³-hybridized carbons (Fsp3) is 0.357. The Bertz CT molecular complexity index is 501. The molecule has 0 saturated carbocycles. The Hall–Kier alpha value is -2.41. The third-order valence-electron chi connectivity index (χ3n) is 2.68. The number of esters is 2. The van der Waals surface area contributed by atoms with Crippen molar-refractivity contribution in [1.82, 2.24) is 0 Å². The molecule has 0 saturated heterocycles. The van der Waals surface area contributed by atoms with E-state index in [0.717, 1.165) is 5.56 Å². The Balaban J connectivity index is 2.72. The van der Waals surface area contributed by atoms with E-state index in [1.54, 1.807) is 24.3 Å². The molecule has 7 nitrogen and oxygen atoms in total. The van der Waals surface area contributed by atoms with Gasteiger partial charge in [0.1, 0.15) is 6.04 Å². The van der Waals surface area contributed by atoms with Crippen molar-refractivity contribution in [2.24, 2.45) is 5.73 Å². The minimum atomic E-state index is -1.33. The van der Waals surface area contributed by atoms with Gasteiger partial charge in [0.25, 0.3) is 0 Å². The molecular formula is C14H17NO6. The number of carboxylic acids is 1. The van der Waals surface area contributed by atoms with E-state index in [0.29, 0.717) is 0 Å². The largest absolute Gasteiger partial charge is 0.481 e. The first-order valence-corrected chi connectivity index (χ1v) is 6.23. The molecule has 0 aliphatic carbocycles. The average molecular weight is 295 g/mol. The quantitative estimate of drug-likeness (QED) is 0.686. The summed E-state index contributed by atoms with van der Waals surface area (Å²) in [4.78, 5) is 33.8. The number of hydrogen-bond donors (Lipinski definition) is 2. The molecule has 0 aliphatic rings. The lowest BCUT2D eigenvalue weighted by atomic mass is 10.1. The molecule has 0 bridgehead atoms. The summed E-state index contributed by atoms with van der Waals surface area (Å²) in [6.07, 6.45) is -1.61. The second-order valence-electron chi connectivity index (χ2n) is 4.34. The number of methoxy groups -OCH3 is 1. The number of carboxylic acid groups (broad SMARTS) is 1. The van der Waals surface area contributed by atoms with Crippen LogP contribution in [0.25, 0.3) is 0 Å². The van der Waals surface area contributed by atoms with Crippen LogP contribution in [0.15, 0.2) is 30.3 Å². The van der Waals surface area contributed by atoms with E-state index < -0.39 is 36.5 Å². The molecule has 0 aliphatic heterocycles. The van der Waals surface area contributed by atoms with Crippen molar-refractivity contribution in [3.8, 4) is 0 Å². The summed E-state index contributed by atoms with van der Waals surface area (Å²) in [5, 5.41) is 8.58. The monoisotopic (exact) mass is 295 g/mol. The van der Waals surface area contributed by atoms with Gasteiger partial charge in [0.05, 0.1) is 13.5 Å². The van der Waals surface area contributed by atoms with E-state index in [-0.39, 0.29) is 6.42 Å². The number of nitrogens with two attached hydrogens (primary N) is 1. The van der Waals surface area contributed by atoms with Crippen LogP contribution in [-0.4, -0.2) is 42.3 Å². The van der Waals surface area contributed by atoms with Gasteiger partial charge in [0.15, 0.2) is 0 Å². The van der Waals surface area contributed by atoms with Crippen LogP contribution in [0.1, 0.15) is 12.0 Å². The number of aliphatic carboxylic acids is 1. The lowest BCUT2D eigenvalue weighted by Gasteiger charge is -2.17. The second kappa shape index (κ2) is 8.01. The van der Waals surface area contributed by atoms with Crippen molar-refractivity contribution < 1.29 is 29.0 Å². The molecule has 114 valence electrons. The van der Waals surface area contributed by atoms with E-state index in [4.69, 9.17) is 15.6 Å². The molecular weight excluding hydrogens is 278 g/mol. The van der Waals surface area contributed by atoms with Gasteiger partial charge in [-0.1, -0.05) is 30.3 Å². The SMILES string of the molecule is COC(=O)[C@H](Cc1ccccc1)OC(=O)[C@@H](N)CC(=O)O. The van der Waals surface area contributed by atoms with Crippen LogP contribution in [0, 0.1) is 0 Å². The van der Waals surface area contributed by atoms with Gasteiger partial charge >= 0.3 is 17.9 Å². The Morgan fingerprint density at radius 2 is 1.81 bits per heavy atom. The van der Waals surface area contributed by atoms with Crippen LogP contribution < -0.4 is 5.73 Å². The van der Waals surface area contributed by atoms with E-state index >= 15 is 0 Å². The van der Waals surface area contributed by atoms with E-state index in [1.807, 2.05) is 6.07 Å². The molecule has 0 radical (unpaired) electrons. The highest BCUT2D eigenvalue weighted by molar-refractivity contribution is 5.84. The molecule has 0 unspecified atom stereocenters. The van der Waals surface area contributed by atoms with Crippen molar-refractivity contribution in [3.05, 3.63) is 35.9 Å². The zero-order valence-corrected chi connectivity index (χ0v) is 11.5. The number of rotatable bonds is 7. The van der Waals surface area contributed by atoms with Crippen LogP contribution in [-0.2, 0) is 30.3 Å². The van der Waals surface area contributed by atoms with Gasteiger partial charge in [0, 0.05) is 6.42 Å². The predicted molar refractivity (Wildman–Crippen MR) is 72.3 cm³/mol. The number of ether oxygens (including phenoxy) is 2. The summed E-state index contributed by atoms with van der Waals surface area (Å²) in [5.41, 5.74) is 6.16. The summed E-state index contributed by atoms with van der Waals surface area (Å²) in [6.45, 7) is 0. The normalized spacial score (nSPS) is 13.0. The molecule has 3 N–H and O–H groups in total. The van der Waals surface area contributed by atoms with Crippen LogP contribution >= 0.6 is 0 Å². The Labute approximate surface area is 121 Å². The fourth-order valence-electron chi connectivity index (χ4n) is 1.63. The average Bonchev–Trinajstić information content (AvgIpc) is 2.46. The summed E-state index contributed by atoms with van der Waals surface area (Å²) >= 11 is 0. The van der Waals surface area contributed by atoms with Crippen LogP contribution in [0.5, 0.6) is 0 Å². The van der Waals surface area contributed by atoms with Crippen LogP contribution in [0.2, 0.25) is 0 Å². The van der Waals surface area contributed by atoms with Gasteiger partial charge in [-0.15, -0.1) is 0 Å². The molecule has 7 heteroatoms. The van der Waals surface area contributed by atoms with Gasteiger partial charge in [0.2, 0.25) is 6.10 Å². The topological polar surface area (TPSA) is 116 Å². The smallest absolute Gasteiger partial charge is 0.347 e. The molecule has 1 rings (SSSR count). The van der Waals surface area contributed by atoms with Crippen molar-refractivity contribution in [1.29, 1.82) is 0 Å². The van der Waals surface area contributed by atoms with Crippen molar-refractivity contribution in [2.45, 2.75) is 25.0 Å². The minimum Gasteiger partial charge on any atom is -0.481 e. The molecule has 1 aromatic rings. The maximum absolute atomic E-state index is 11.7. The highest BCUT2D eigenvalue weighted by Crippen LogP contribution is 2.09. The van der Waals surface area contributed by atoms with Crippen LogP contribution in [0.4, 0.5) is 0 Å². The molecule has 0 fully saturated rings. The van der Waals surface area contributed by atoms with Crippen molar-refractivity contribution in [2.75, 3.05) is 7.11 Å². The summed E-state index contributed by atoms with van der Waals surface area (Å²) in [7, 11) is 1.17. The maximum atomic E-state index is 11.7. The zero-order valence-electron chi connectivity index (χ0n) is 11.5. The lowest BCUT2D eigenvalue weighted by molar-refractivity contribution is -0.167. The van der Waals surface area contributed by atoms with Crippen molar-refractivity contribution in [3.63, 3.8) is 0 Å². The zero-order chi connectivity index (χ0) is 15.8. The molecule has 0 heterocycles. The lowest BCUT2D eigenvalue weighted by Crippen LogP contribution is -2.40. The second-order valence-corrected chi connectivity index (χ2v) is 4.34. The highest BCUT2D eigenvalue weighted by Gasteiger charge is 2.28. The summed E-state index contributed by atoms with van der Waals surface area (Å²) in [6, 6.07) is 7.57. The molecule has 21 heavy (non-hydrogen) atoms. The van der Waals surface area contributed by atoms with Crippen molar-refractivity contribution >= 4 is 17.9 Å². The van der Waals surface area contributed by atoms with Gasteiger partial charge < -0.3 is 20.3 Å². The minimum absolute atomic E-state index is 0.124.